The topological polar surface area (TPSA) is 96.0 Å². The van der Waals surface area contributed by atoms with E-state index in [9.17, 15) is 22.4 Å². The van der Waals surface area contributed by atoms with Crippen molar-refractivity contribution < 1.29 is 27.1 Å². The van der Waals surface area contributed by atoms with Gasteiger partial charge in [-0.05, 0) is 61.4 Å². The van der Waals surface area contributed by atoms with Crippen molar-refractivity contribution in [1.29, 1.82) is 0 Å². The molecule has 3 rings (SSSR count). The minimum absolute atomic E-state index is 0.00389. The number of methoxy groups -OCH3 is 1. The highest BCUT2D eigenvalue weighted by Gasteiger charge is 2.33. The summed E-state index contributed by atoms with van der Waals surface area (Å²) < 4.78 is 47.5. The Hall–Kier alpha value is -3.92. The van der Waals surface area contributed by atoms with Gasteiger partial charge in [-0.25, -0.2) is 12.8 Å². The average molecular weight is 528 g/mol. The van der Waals surface area contributed by atoms with Gasteiger partial charge in [-0.3, -0.25) is 13.9 Å². The van der Waals surface area contributed by atoms with Crippen LogP contribution in [0.2, 0.25) is 0 Å². The van der Waals surface area contributed by atoms with Crippen molar-refractivity contribution in [1.82, 2.24) is 10.2 Å². The summed E-state index contributed by atoms with van der Waals surface area (Å²) in [5.41, 5.74) is 1.53. The fraction of sp³-hybridized carbons (Fsp3) is 0.259. The molecule has 2 amide bonds. The highest BCUT2D eigenvalue weighted by Crippen LogP contribution is 2.33. The van der Waals surface area contributed by atoms with Crippen LogP contribution in [-0.2, 0) is 26.2 Å². The summed E-state index contributed by atoms with van der Waals surface area (Å²) in [6.45, 7) is 2.72. The van der Waals surface area contributed by atoms with Gasteiger partial charge in [0.05, 0.1) is 17.7 Å². The van der Waals surface area contributed by atoms with Crippen LogP contribution in [0.25, 0.3) is 0 Å². The molecular weight excluding hydrogens is 497 g/mol. The summed E-state index contributed by atoms with van der Waals surface area (Å²) >= 11 is 0. The number of hydrogen-bond donors (Lipinski definition) is 1. The van der Waals surface area contributed by atoms with Crippen molar-refractivity contribution in [3.8, 4) is 5.75 Å². The van der Waals surface area contributed by atoms with Crippen molar-refractivity contribution >= 4 is 27.5 Å². The SMILES string of the molecule is CNC(=O)[C@H](C)N(Cc1ccc(F)cc1)C(=O)CN(c1cc(C)ccc1OC)S(=O)(=O)c1ccccc1. The summed E-state index contributed by atoms with van der Waals surface area (Å²) in [7, 11) is -1.34. The number of amides is 2. The lowest BCUT2D eigenvalue weighted by Gasteiger charge is -2.32. The van der Waals surface area contributed by atoms with E-state index in [1.165, 1.54) is 55.5 Å². The molecule has 0 fully saturated rings. The first kappa shape index (κ1) is 27.7. The third-order valence-corrected chi connectivity index (χ3v) is 7.67. The lowest BCUT2D eigenvalue weighted by atomic mass is 10.1. The number of aryl methyl sites for hydroxylation is 1. The molecule has 0 unspecified atom stereocenters. The molecule has 196 valence electrons. The average Bonchev–Trinajstić information content (AvgIpc) is 2.90. The quantitative estimate of drug-likeness (QED) is 0.436. The summed E-state index contributed by atoms with van der Waals surface area (Å²) in [5, 5.41) is 2.52. The van der Waals surface area contributed by atoms with Crippen LogP contribution in [0, 0.1) is 12.7 Å². The van der Waals surface area contributed by atoms with E-state index in [0.717, 1.165) is 9.87 Å². The molecule has 37 heavy (non-hydrogen) atoms. The number of halogens is 1. The largest absolute Gasteiger partial charge is 0.495 e. The van der Waals surface area contributed by atoms with Gasteiger partial charge in [0.2, 0.25) is 11.8 Å². The Morgan fingerprint density at radius 3 is 2.27 bits per heavy atom. The standard InChI is InChI=1S/C27H30FN3O5S/c1-19-10-15-25(36-4)24(16-19)31(37(34,35)23-8-6-5-7-9-23)18-26(32)30(20(2)27(33)29-3)17-21-11-13-22(28)14-12-21/h5-16,20H,17-18H2,1-4H3,(H,29,33)/t20-/m0/s1. The number of hydrogen-bond acceptors (Lipinski definition) is 5. The third-order valence-electron chi connectivity index (χ3n) is 5.89. The Kier molecular flexibility index (Phi) is 8.88. The molecule has 0 saturated carbocycles. The zero-order chi connectivity index (χ0) is 27.2. The Bertz CT molecular complexity index is 1350. The molecule has 1 N–H and O–H groups in total. The number of carbonyl (C=O) groups is 2. The predicted octanol–water partition coefficient (Wildman–Crippen LogP) is 3.50. The van der Waals surface area contributed by atoms with Gasteiger partial charge in [-0.1, -0.05) is 36.4 Å². The molecule has 1 atom stereocenters. The molecule has 0 aliphatic heterocycles. The van der Waals surface area contributed by atoms with E-state index in [1.807, 2.05) is 0 Å². The van der Waals surface area contributed by atoms with E-state index in [2.05, 4.69) is 5.32 Å². The first-order chi connectivity index (χ1) is 17.6. The van der Waals surface area contributed by atoms with E-state index >= 15 is 0 Å². The molecule has 10 heteroatoms. The van der Waals surface area contributed by atoms with Crippen molar-refractivity contribution in [2.24, 2.45) is 0 Å². The number of rotatable bonds is 10. The molecule has 0 aliphatic carbocycles. The van der Waals surface area contributed by atoms with Crippen LogP contribution < -0.4 is 14.4 Å². The molecule has 0 saturated heterocycles. The minimum atomic E-state index is -4.21. The van der Waals surface area contributed by atoms with Gasteiger partial charge in [0.15, 0.2) is 0 Å². The zero-order valence-electron chi connectivity index (χ0n) is 21.1. The first-order valence-electron chi connectivity index (χ1n) is 11.6. The van der Waals surface area contributed by atoms with E-state index in [0.29, 0.717) is 5.56 Å². The number of nitrogens with one attached hydrogen (secondary N) is 1. The summed E-state index contributed by atoms with van der Waals surface area (Å²) in [6, 6.07) is 17.4. The molecule has 8 nitrogen and oxygen atoms in total. The second-order valence-corrected chi connectivity index (χ2v) is 10.3. The number of anilines is 1. The normalized spacial score (nSPS) is 11.9. The minimum Gasteiger partial charge on any atom is -0.495 e. The highest BCUT2D eigenvalue weighted by atomic mass is 32.2. The van der Waals surface area contributed by atoms with Crippen LogP contribution in [0.1, 0.15) is 18.1 Å². The smallest absolute Gasteiger partial charge is 0.264 e. The monoisotopic (exact) mass is 527 g/mol. The molecule has 0 aliphatic rings. The maximum atomic E-state index is 13.8. The lowest BCUT2D eigenvalue weighted by Crippen LogP contribution is -2.50. The number of benzene rings is 3. The van der Waals surface area contributed by atoms with Crippen molar-refractivity contribution in [2.75, 3.05) is 25.0 Å². The van der Waals surface area contributed by atoms with Gasteiger partial charge in [-0.2, -0.15) is 0 Å². The molecule has 0 bridgehead atoms. The van der Waals surface area contributed by atoms with Gasteiger partial charge >= 0.3 is 0 Å². The Labute approximate surface area is 216 Å². The van der Waals surface area contributed by atoms with E-state index < -0.39 is 40.2 Å². The van der Waals surface area contributed by atoms with Gasteiger partial charge in [0, 0.05) is 13.6 Å². The van der Waals surface area contributed by atoms with Gasteiger partial charge in [-0.15, -0.1) is 0 Å². The number of ether oxygens (including phenoxy) is 1. The molecule has 3 aromatic carbocycles. The summed E-state index contributed by atoms with van der Waals surface area (Å²) in [6.07, 6.45) is 0. The molecular formula is C27H30FN3O5S. The predicted molar refractivity (Wildman–Crippen MR) is 139 cm³/mol. The van der Waals surface area contributed by atoms with Crippen LogP contribution in [0.5, 0.6) is 5.75 Å². The second kappa shape index (κ2) is 11.9. The number of likely N-dealkylation sites (N-methyl/N-ethyl adjacent to an activating group) is 1. The Balaban J connectivity index is 2.09. The highest BCUT2D eigenvalue weighted by molar-refractivity contribution is 7.92. The van der Waals surface area contributed by atoms with Gasteiger partial charge < -0.3 is 15.0 Å². The van der Waals surface area contributed by atoms with Gasteiger partial charge in [0.1, 0.15) is 24.2 Å². The molecule has 0 spiro atoms. The number of nitrogens with zero attached hydrogens (tertiary/aromatic N) is 2. The maximum absolute atomic E-state index is 13.8. The molecule has 0 radical (unpaired) electrons. The van der Waals surface area contributed by atoms with Crippen LogP contribution in [-0.4, -0.2) is 51.9 Å². The maximum Gasteiger partial charge on any atom is 0.264 e. The fourth-order valence-electron chi connectivity index (χ4n) is 3.81. The van der Waals surface area contributed by atoms with Crippen LogP contribution in [0.3, 0.4) is 0 Å². The van der Waals surface area contributed by atoms with E-state index in [4.69, 9.17) is 4.74 Å². The zero-order valence-corrected chi connectivity index (χ0v) is 22.0. The summed E-state index contributed by atoms with van der Waals surface area (Å²) in [4.78, 5) is 27.5. The van der Waals surface area contributed by atoms with Crippen LogP contribution >= 0.6 is 0 Å². The molecule has 0 aromatic heterocycles. The first-order valence-corrected chi connectivity index (χ1v) is 13.0. The Morgan fingerprint density at radius 1 is 1.03 bits per heavy atom. The van der Waals surface area contributed by atoms with E-state index in [1.54, 1.807) is 50.2 Å². The van der Waals surface area contributed by atoms with Crippen LogP contribution in [0.4, 0.5) is 10.1 Å². The van der Waals surface area contributed by atoms with Gasteiger partial charge in [0.25, 0.3) is 10.0 Å². The molecule has 3 aromatic rings. The van der Waals surface area contributed by atoms with Crippen molar-refractivity contribution in [3.05, 3.63) is 89.7 Å². The summed E-state index contributed by atoms with van der Waals surface area (Å²) in [5.74, 6) is -1.22. The van der Waals surface area contributed by atoms with Crippen molar-refractivity contribution in [3.63, 3.8) is 0 Å². The number of carbonyl (C=O) groups excluding carboxylic acids is 2. The van der Waals surface area contributed by atoms with Crippen molar-refractivity contribution in [2.45, 2.75) is 31.3 Å². The third kappa shape index (κ3) is 6.45. The number of sulfonamides is 1. The lowest BCUT2D eigenvalue weighted by molar-refractivity contribution is -0.139. The Morgan fingerprint density at radius 2 is 1.68 bits per heavy atom. The second-order valence-electron chi connectivity index (χ2n) is 8.44. The van der Waals surface area contributed by atoms with Crippen LogP contribution in [0.15, 0.2) is 77.7 Å². The molecule has 0 heterocycles. The van der Waals surface area contributed by atoms with E-state index in [-0.39, 0.29) is 22.9 Å². The fourth-order valence-corrected chi connectivity index (χ4v) is 5.24.